The first-order valence-corrected chi connectivity index (χ1v) is 9.15. The number of hydrogen-bond acceptors (Lipinski definition) is 3. The van der Waals surface area contributed by atoms with E-state index >= 15 is 0 Å². The molecule has 0 radical (unpaired) electrons. The number of nitrogens with zero attached hydrogens (tertiary/aromatic N) is 2. The lowest BCUT2D eigenvalue weighted by Gasteiger charge is -2.18. The van der Waals surface area contributed by atoms with Gasteiger partial charge in [-0.25, -0.2) is 4.99 Å². The van der Waals surface area contributed by atoms with Crippen LogP contribution in [-0.2, 0) is 4.79 Å². The SMILES string of the molecule is CCNC(=NCC(=O)N(C)C)NCC(SC)c1cccc(Cl)c1. The smallest absolute Gasteiger partial charge is 0.243 e. The highest BCUT2D eigenvalue weighted by atomic mass is 35.5. The van der Waals surface area contributed by atoms with Crippen LogP contribution in [0.4, 0.5) is 0 Å². The molecule has 0 aliphatic carbocycles. The maximum Gasteiger partial charge on any atom is 0.243 e. The molecule has 1 rings (SSSR count). The molecule has 0 aromatic heterocycles. The van der Waals surface area contributed by atoms with E-state index in [1.165, 1.54) is 4.90 Å². The van der Waals surface area contributed by atoms with Crippen molar-refractivity contribution in [3.63, 3.8) is 0 Å². The Hall–Kier alpha value is -1.40. The number of carbonyl (C=O) groups excluding carboxylic acids is 1. The molecule has 0 saturated carbocycles. The van der Waals surface area contributed by atoms with E-state index in [1.807, 2.05) is 25.1 Å². The first-order valence-electron chi connectivity index (χ1n) is 7.48. The van der Waals surface area contributed by atoms with Gasteiger partial charge in [-0.1, -0.05) is 23.7 Å². The zero-order valence-corrected chi connectivity index (χ0v) is 15.7. The predicted octanol–water partition coefficient (Wildman–Crippen LogP) is 2.39. The molecule has 1 atom stereocenters. The normalized spacial score (nSPS) is 12.7. The average Bonchev–Trinajstić information content (AvgIpc) is 2.52. The Morgan fingerprint density at radius 2 is 2.13 bits per heavy atom. The zero-order chi connectivity index (χ0) is 17.2. The summed E-state index contributed by atoms with van der Waals surface area (Å²) in [6.07, 6.45) is 2.06. The largest absolute Gasteiger partial charge is 0.357 e. The number of thioether (sulfide) groups is 1. The maximum atomic E-state index is 11.6. The van der Waals surface area contributed by atoms with Gasteiger partial charge in [0.15, 0.2) is 5.96 Å². The molecule has 2 N–H and O–H groups in total. The molecule has 1 amide bonds. The number of benzene rings is 1. The van der Waals surface area contributed by atoms with Gasteiger partial charge in [0, 0.05) is 37.5 Å². The summed E-state index contributed by atoms with van der Waals surface area (Å²) < 4.78 is 0. The van der Waals surface area contributed by atoms with Crippen LogP contribution in [0.3, 0.4) is 0 Å². The Balaban J connectivity index is 2.68. The average molecular weight is 357 g/mol. The van der Waals surface area contributed by atoms with Gasteiger partial charge in [0.05, 0.1) is 0 Å². The number of nitrogens with one attached hydrogen (secondary N) is 2. The van der Waals surface area contributed by atoms with Crippen LogP contribution in [0.1, 0.15) is 17.7 Å². The van der Waals surface area contributed by atoms with E-state index in [0.717, 1.165) is 17.1 Å². The van der Waals surface area contributed by atoms with E-state index in [-0.39, 0.29) is 17.7 Å². The van der Waals surface area contributed by atoms with Crippen molar-refractivity contribution in [3.05, 3.63) is 34.9 Å². The third-order valence-electron chi connectivity index (χ3n) is 3.18. The van der Waals surface area contributed by atoms with E-state index in [1.54, 1.807) is 25.9 Å². The second-order valence-electron chi connectivity index (χ2n) is 5.14. The van der Waals surface area contributed by atoms with E-state index in [4.69, 9.17) is 11.6 Å². The van der Waals surface area contributed by atoms with E-state index in [2.05, 4.69) is 27.9 Å². The van der Waals surface area contributed by atoms with Crippen LogP contribution in [-0.4, -0.2) is 56.8 Å². The van der Waals surface area contributed by atoms with Crippen LogP contribution >= 0.6 is 23.4 Å². The minimum Gasteiger partial charge on any atom is -0.357 e. The van der Waals surface area contributed by atoms with Gasteiger partial charge in [-0.05, 0) is 30.9 Å². The van der Waals surface area contributed by atoms with Crippen LogP contribution in [0, 0.1) is 0 Å². The van der Waals surface area contributed by atoms with Crippen molar-refractivity contribution < 1.29 is 4.79 Å². The molecule has 0 heterocycles. The van der Waals surface area contributed by atoms with E-state index in [0.29, 0.717) is 12.5 Å². The molecule has 0 aliphatic heterocycles. The topological polar surface area (TPSA) is 56.7 Å². The Morgan fingerprint density at radius 3 is 2.70 bits per heavy atom. The Bertz CT molecular complexity index is 537. The quantitative estimate of drug-likeness (QED) is 0.581. The molecule has 1 unspecified atom stereocenters. The Labute approximate surface area is 147 Å². The van der Waals surface area contributed by atoms with Crippen molar-refractivity contribution in [2.24, 2.45) is 4.99 Å². The molecule has 0 fully saturated rings. The number of rotatable bonds is 7. The first kappa shape index (κ1) is 19.6. The second kappa shape index (κ2) is 10.4. The molecule has 5 nitrogen and oxygen atoms in total. The number of halogens is 1. The van der Waals surface area contributed by atoms with Gasteiger partial charge in [-0.3, -0.25) is 4.79 Å². The molecule has 0 aliphatic rings. The lowest BCUT2D eigenvalue weighted by Crippen LogP contribution is -2.40. The zero-order valence-electron chi connectivity index (χ0n) is 14.1. The fourth-order valence-corrected chi connectivity index (χ4v) is 2.73. The van der Waals surface area contributed by atoms with Crippen LogP contribution in [0.2, 0.25) is 5.02 Å². The van der Waals surface area contributed by atoms with Gasteiger partial charge >= 0.3 is 0 Å². The molecule has 0 bridgehead atoms. The highest BCUT2D eigenvalue weighted by Gasteiger charge is 2.12. The number of guanidine groups is 1. The van der Waals surface area contributed by atoms with Crippen molar-refractivity contribution in [1.29, 1.82) is 0 Å². The predicted molar refractivity (Wildman–Crippen MR) is 100 cm³/mol. The highest BCUT2D eigenvalue weighted by molar-refractivity contribution is 7.98. The molecular formula is C16H25ClN4OS. The lowest BCUT2D eigenvalue weighted by molar-refractivity contribution is -0.127. The third kappa shape index (κ3) is 7.14. The lowest BCUT2D eigenvalue weighted by atomic mass is 10.1. The molecule has 1 aromatic rings. The monoisotopic (exact) mass is 356 g/mol. The van der Waals surface area contributed by atoms with Gasteiger partial charge in [0.1, 0.15) is 6.54 Å². The summed E-state index contributed by atoms with van der Waals surface area (Å²) in [5.41, 5.74) is 1.16. The number of amides is 1. The molecule has 23 heavy (non-hydrogen) atoms. The van der Waals surface area contributed by atoms with Gasteiger partial charge < -0.3 is 15.5 Å². The van der Waals surface area contributed by atoms with Crippen LogP contribution < -0.4 is 10.6 Å². The van der Waals surface area contributed by atoms with Gasteiger partial charge in [0.25, 0.3) is 0 Å². The van der Waals surface area contributed by atoms with Gasteiger partial charge in [-0.2, -0.15) is 11.8 Å². The minimum absolute atomic E-state index is 0.0292. The number of hydrogen-bond donors (Lipinski definition) is 2. The minimum atomic E-state index is -0.0292. The number of aliphatic imine (C=N–C) groups is 1. The third-order valence-corrected chi connectivity index (χ3v) is 4.42. The van der Waals surface area contributed by atoms with Crippen molar-refractivity contribution in [2.75, 3.05) is 40.0 Å². The molecule has 128 valence electrons. The molecule has 1 aromatic carbocycles. The second-order valence-corrected chi connectivity index (χ2v) is 6.62. The van der Waals surface area contributed by atoms with E-state index < -0.39 is 0 Å². The van der Waals surface area contributed by atoms with Crippen LogP contribution in [0.25, 0.3) is 0 Å². The fraction of sp³-hybridized carbons (Fsp3) is 0.500. The summed E-state index contributed by atoms with van der Waals surface area (Å²) in [5, 5.41) is 7.43. The molecule has 7 heteroatoms. The maximum absolute atomic E-state index is 11.6. The van der Waals surface area contributed by atoms with Crippen molar-refractivity contribution >= 4 is 35.2 Å². The van der Waals surface area contributed by atoms with Crippen molar-refractivity contribution in [3.8, 4) is 0 Å². The van der Waals surface area contributed by atoms with E-state index in [9.17, 15) is 4.79 Å². The summed E-state index contributed by atoms with van der Waals surface area (Å²) >= 11 is 7.81. The molecule has 0 saturated heterocycles. The summed E-state index contributed by atoms with van der Waals surface area (Å²) in [5.74, 6) is 0.613. The van der Waals surface area contributed by atoms with Crippen molar-refractivity contribution in [1.82, 2.24) is 15.5 Å². The highest BCUT2D eigenvalue weighted by Crippen LogP contribution is 2.27. The number of carbonyl (C=O) groups is 1. The van der Waals surface area contributed by atoms with Crippen LogP contribution in [0.15, 0.2) is 29.3 Å². The summed E-state index contributed by atoms with van der Waals surface area (Å²) in [6, 6.07) is 7.86. The molecule has 0 spiro atoms. The van der Waals surface area contributed by atoms with Crippen LogP contribution in [0.5, 0.6) is 0 Å². The van der Waals surface area contributed by atoms with Gasteiger partial charge in [0.2, 0.25) is 5.91 Å². The Morgan fingerprint density at radius 1 is 1.39 bits per heavy atom. The standard InChI is InChI=1S/C16H25ClN4OS/c1-5-18-16(20-11-15(22)21(2)3)19-10-14(23-4)12-7-6-8-13(17)9-12/h6-9,14H,5,10-11H2,1-4H3,(H2,18,19,20). The summed E-state index contributed by atoms with van der Waals surface area (Å²) in [7, 11) is 3.45. The number of likely N-dealkylation sites (N-methyl/N-ethyl adjacent to an activating group) is 1. The summed E-state index contributed by atoms with van der Waals surface area (Å²) in [4.78, 5) is 17.5. The molecular weight excluding hydrogens is 332 g/mol. The fourth-order valence-electron chi connectivity index (χ4n) is 1.86. The van der Waals surface area contributed by atoms with Gasteiger partial charge in [-0.15, -0.1) is 0 Å². The Kier molecular flexibility index (Phi) is 8.87. The first-order chi connectivity index (χ1) is 11.0. The van der Waals surface area contributed by atoms with Crippen molar-refractivity contribution in [2.45, 2.75) is 12.2 Å². The summed E-state index contributed by atoms with van der Waals surface area (Å²) in [6.45, 7) is 3.56.